The van der Waals surface area contributed by atoms with E-state index >= 15 is 0 Å². The van der Waals surface area contributed by atoms with Gasteiger partial charge in [0.2, 0.25) is 0 Å². The van der Waals surface area contributed by atoms with Crippen molar-refractivity contribution in [3.05, 3.63) is 23.8 Å². The number of anilines is 1. The SMILES string of the molecule is CCc1[nH]nc(C(=O)NCCn2ccnn2)c1N. The monoisotopic (exact) mass is 249 g/mol. The first-order valence-corrected chi connectivity index (χ1v) is 5.67. The van der Waals surface area contributed by atoms with Gasteiger partial charge in [-0.25, -0.2) is 0 Å². The van der Waals surface area contributed by atoms with Gasteiger partial charge in [0.1, 0.15) is 0 Å². The quantitative estimate of drug-likeness (QED) is 0.665. The normalized spacial score (nSPS) is 10.5. The van der Waals surface area contributed by atoms with Crippen LogP contribution in [0.1, 0.15) is 23.1 Å². The Morgan fingerprint density at radius 1 is 1.61 bits per heavy atom. The molecular formula is C10H15N7O. The van der Waals surface area contributed by atoms with Gasteiger partial charge in [-0.05, 0) is 6.42 Å². The second kappa shape index (κ2) is 5.30. The van der Waals surface area contributed by atoms with Crippen LogP contribution in [0.25, 0.3) is 0 Å². The first-order valence-electron chi connectivity index (χ1n) is 5.67. The van der Waals surface area contributed by atoms with Crippen LogP contribution in [0.5, 0.6) is 0 Å². The number of hydrogen-bond donors (Lipinski definition) is 3. The highest BCUT2D eigenvalue weighted by atomic mass is 16.1. The van der Waals surface area contributed by atoms with Gasteiger partial charge >= 0.3 is 0 Å². The molecule has 0 aliphatic heterocycles. The van der Waals surface area contributed by atoms with Crippen LogP contribution in [0.15, 0.2) is 12.4 Å². The van der Waals surface area contributed by atoms with E-state index in [-0.39, 0.29) is 11.6 Å². The number of carbonyl (C=O) groups is 1. The van der Waals surface area contributed by atoms with E-state index in [4.69, 9.17) is 5.73 Å². The fraction of sp³-hybridized carbons (Fsp3) is 0.400. The highest BCUT2D eigenvalue weighted by molar-refractivity contribution is 5.97. The van der Waals surface area contributed by atoms with Crippen LogP contribution in [0.4, 0.5) is 5.69 Å². The first-order chi connectivity index (χ1) is 8.72. The van der Waals surface area contributed by atoms with Gasteiger partial charge < -0.3 is 11.1 Å². The van der Waals surface area contributed by atoms with Crippen LogP contribution in [0.2, 0.25) is 0 Å². The molecule has 0 unspecified atom stereocenters. The number of aromatic nitrogens is 5. The van der Waals surface area contributed by atoms with E-state index in [1.165, 1.54) is 0 Å². The summed E-state index contributed by atoms with van der Waals surface area (Å²) in [5, 5.41) is 16.8. The molecule has 0 saturated heterocycles. The predicted molar refractivity (Wildman–Crippen MR) is 64.7 cm³/mol. The lowest BCUT2D eigenvalue weighted by Crippen LogP contribution is -2.28. The molecule has 0 saturated carbocycles. The van der Waals surface area contributed by atoms with Gasteiger partial charge in [-0.2, -0.15) is 5.10 Å². The van der Waals surface area contributed by atoms with Crippen LogP contribution in [0, 0.1) is 0 Å². The van der Waals surface area contributed by atoms with Gasteiger partial charge in [-0.1, -0.05) is 12.1 Å². The van der Waals surface area contributed by atoms with Crippen LogP contribution >= 0.6 is 0 Å². The van der Waals surface area contributed by atoms with Crippen molar-refractivity contribution in [3.8, 4) is 0 Å². The largest absolute Gasteiger partial charge is 0.395 e. The smallest absolute Gasteiger partial charge is 0.274 e. The minimum absolute atomic E-state index is 0.241. The summed E-state index contributed by atoms with van der Waals surface area (Å²) in [6, 6.07) is 0. The molecule has 2 aromatic heterocycles. The molecule has 0 aliphatic rings. The Morgan fingerprint density at radius 2 is 2.44 bits per heavy atom. The number of nitrogens with two attached hydrogens (primary N) is 1. The number of nitrogens with one attached hydrogen (secondary N) is 2. The molecule has 96 valence electrons. The molecule has 8 heteroatoms. The summed E-state index contributed by atoms with van der Waals surface area (Å²) in [5.41, 5.74) is 7.23. The Kier molecular flexibility index (Phi) is 3.56. The number of amides is 1. The number of aromatic amines is 1. The summed E-state index contributed by atoms with van der Waals surface area (Å²) < 4.78 is 1.63. The Hall–Kier alpha value is -2.38. The molecular weight excluding hydrogens is 234 g/mol. The number of hydrogen-bond acceptors (Lipinski definition) is 5. The van der Waals surface area contributed by atoms with E-state index in [1.807, 2.05) is 6.92 Å². The summed E-state index contributed by atoms with van der Waals surface area (Å²) in [6.07, 6.45) is 4.02. The van der Waals surface area contributed by atoms with E-state index in [0.717, 1.165) is 5.69 Å². The molecule has 2 heterocycles. The Balaban J connectivity index is 1.89. The molecule has 2 rings (SSSR count). The van der Waals surface area contributed by atoms with Crippen molar-refractivity contribution in [1.29, 1.82) is 0 Å². The maximum absolute atomic E-state index is 11.8. The second-order valence-corrected chi connectivity index (χ2v) is 3.74. The van der Waals surface area contributed by atoms with Crippen molar-refractivity contribution in [3.63, 3.8) is 0 Å². The summed E-state index contributed by atoms with van der Waals surface area (Å²) >= 11 is 0. The van der Waals surface area contributed by atoms with Crippen LogP contribution in [-0.4, -0.2) is 37.6 Å². The third kappa shape index (κ3) is 2.47. The maximum atomic E-state index is 11.8. The summed E-state index contributed by atoms with van der Waals surface area (Å²) in [7, 11) is 0. The number of nitrogens with zero attached hydrogens (tertiary/aromatic N) is 4. The number of nitrogen functional groups attached to an aromatic ring is 1. The lowest BCUT2D eigenvalue weighted by molar-refractivity contribution is 0.0947. The Morgan fingerprint density at radius 3 is 3.06 bits per heavy atom. The standard InChI is InChI=1S/C10H15N7O/c1-2-7-8(11)9(15-14-7)10(18)12-3-5-17-6-4-13-16-17/h4,6H,2-3,5,11H2,1H3,(H,12,18)(H,14,15). The molecule has 18 heavy (non-hydrogen) atoms. The zero-order valence-corrected chi connectivity index (χ0v) is 10.1. The van der Waals surface area contributed by atoms with E-state index < -0.39 is 0 Å². The molecule has 1 amide bonds. The molecule has 0 aliphatic carbocycles. The predicted octanol–water partition coefficient (Wildman–Crippen LogP) is -0.424. The fourth-order valence-corrected chi connectivity index (χ4v) is 1.55. The third-order valence-corrected chi connectivity index (χ3v) is 2.55. The number of H-pyrrole nitrogens is 1. The van der Waals surface area contributed by atoms with E-state index in [2.05, 4.69) is 25.8 Å². The summed E-state index contributed by atoms with van der Waals surface area (Å²) in [5.74, 6) is -0.288. The summed E-state index contributed by atoms with van der Waals surface area (Å²) in [4.78, 5) is 11.8. The lowest BCUT2D eigenvalue weighted by atomic mass is 10.2. The average molecular weight is 249 g/mol. The second-order valence-electron chi connectivity index (χ2n) is 3.74. The third-order valence-electron chi connectivity index (χ3n) is 2.55. The highest BCUT2D eigenvalue weighted by Gasteiger charge is 2.15. The Bertz CT molecular complexity index is 516. The number of rotatable bonds is 5. The molecule has 0 atom stereocenters. The van der Waals surface area contributed by atoms with Crippen molar-refractivity contribution in [2.75, 3.05) is 12.3 Å². The number of carbonyl (C=O) groups excluding carboxylic acids is 1. The molecule has 0 spiro atoms. The zero-order chi connectivity index (χ0) is 13.0. The molecule has 8 nitrogen and oxygen atoms in total. The Labute approximate surface area is 104 Å². The fourth-order valence-electron chi connectivity index (χ4n) is 1.55. The first kappa shape index (κ1) is 12.1. The van der Waals surface area contributed by atoms with Gasteiger partial charge in [-0.3, -0.25) is 14.6 Å². The van der Waals surface area contributed by atoms with E-state index in [1.54, 1.807) is 17.1 Å². The average Bonchev–Trinajstić information content (AvgIpc) is 2.98. The van der Waals surface area contributed by atoms with Crippen LogP contribution in [-0.2, 0) is 13.0 Å². The topological polar surface area (TPSA) is 115 Å². The minimum Gasteiger partial charge on any atom is -0.395 e. The number of aryl methyl sites for hydroxylation is 1. The van der Waals surface area contributed by atoms with Crippen LogP contribution < -0.4 is 11.1 Å². The lowest BCUT2D eigenvalue weighted by Gasteiger charge is -2.03. The minimum atomic E-state index is -0.288. The molecule has 4 N–H and O–H groups in total. The van der Waals surface area contributed by atoms with Gasteiger partial charge in [0.05, 0.1) is 24.1 Å². The molecule has 0 radical (unpaired) electrons. The van der Waals surface area contributed by atoms with Crippen molar-refractivity contribution in [2.24, 2.45) is 0 Å². The van der Waals surface area contributed by atoms with E-state index in [9.17, 15) is 4.79 Å². The molecule has 0 aromatic carbocycles. The summed E-state index contributed by atoms with van der Waals surface area (Å²) in [6.45, 7) is 2.93. The molecule has 0 bridgehead atoms. The van der Waals surface area contributed by atoms with Gasteiger partial charge in [-0.15, -0.1) is 5.10 Å². The van der Waals surface area contributed by atoms with Crippen LogP contribution in [0.3, 0.4) is 0 Å². The van der Waals surface area contributed by atoms with Crippen molar-refractivity contribution < 1.29 is 4.79 Å². The van der Waals surface area contributed by atoms with Gasteiger partial charge in [0.15, 0.2) is 5.69 Å². The van der Waals surface area contributed by atoms with Gasteiger partial charge in [0.25, 0.3) is 5.91 Å². The van der Waals surface area contributed by atoms with Crippen molar-refractivity contribution in [1.82, 2.24) is 30.5 Å². The van der Waals surface area contributed by atoms with Crippen molar-refractivity contribution in [2.45, 2.75) is 19.9 Å². The molecule has 0 fully saturated rings. The highest BCUT2D eigenvalue weighted by Crippen LogP contribution is 2.13. The molecule has 2 aromatic rings. The van der Waals surface area contributed by atoms with Gasteiger partial charge in [0, 0.05) is 12.7 Å². The zero-order valence-electron chi connectivity index (χ0n) is 10.1. The van der Waals surface area contributed by atoms with Crippen molar-refractivity contribution >= 4 is 11.6 Å². The van der Waals surface area contributed by atoms with E-state index in [0.29, 0.717) is 25.2 Å². The maximum Gasteiger partial charge on any atom is 0.274 e.